The highest BCUT2D eigenvalue weighted by atomic mass is 32.1. The van der Waals surface area contributed by atoms with E-state index in [0.29, 0.717) is 12.0 Å². The fraction of sp³-hybridized carbons (Fsp3) is 0.769. The van der Waals surface area contributed by atoms with Gasteiger partial charge in [0, 0.05) is 24.0 Å². The molecule has 5 nitrogen and oxygen atoms in total. The SMILES string of the molecule is CC(C)Cc1nsc(NC2CCC(C(=O)O)CC2)n1. The molecule has 1 aliphatic rings. The molecule has 0 unspecified atom stereocenters. The van der Waals surface area contributed by atoms with E-state index in [9.17, 15) is 4.79 Å². The van der Waals surface area contributed by atoms with E-state index in [0.717, 1.165) is 43.1 Å². The van der Waals surface area contributed by atoms with Gasteiger partial charge < -0.3 is 10.4 Å². The molecule has 1 fully saturated rings. The number of carboxylic acid groups (broad SMARTS) is 1. The largest absolute Gasteiger partial charge is 0.481 e. The molecule has 6 heteroatoms. The number of aliphatic carboxylic acids is 1. The minimum Gasteiger partial charge on any atom is -0.481 e. The van der Waals surface area contributed by atoms with Gasteiger partial charge in [0.15, 0.2) is 0 Å². The van der Waals surface area contributed by atoms with Gasteiger partial charge in [-0.25, -0.2) is 4.98 Å². The minimum absolute atomic E-state index is 0.163. The Hall–Kier alpha value is -1.17. The highest BCUT2D eigenvalue weighted by molar-refractivity contribution is 7.09. The first-order valence-electron chi connectivity index (χ1n) is 6.86. The Morgan fingerprint density at radius 3 is 2.68 bits per heavy atom. The summed E-state index contributed by atoms with van der Waals surface area (Å²) in [7, 11) is 0. The molecule has 0 saturated heterocycles. The standard InChI is InChI=1S/C13H21N3O2S/c1-8(2)7-11-15-13(19-16-11)14-10-5-3-9(4-6-10)12(17)18/h8-10H,3-7H2,1-2H3,(H,17,18)(H,14,15,16). The van der Waals surface area contributed by atoms with Crippen LogP contribution in [-0.4, -0.2) is 26.5 Å². The van der Waals surface area contributed by atoms with Gasteiger partial charge in [-0.3, -0.25) is 4.79 Å². The molecule has 1 aromatic heterocycles. The van der Waals surface area contributed by atoms with Gasteiger partial charge in [0.05, 0.1) is 5.92 Å². The molecule has 0 bridgehead atoms. The number of anilines is 1. The van der Waals surface area contributed by atoms with Gasteiger partial charge in [0.25, 0.3) is 0 Å². The van der Waals surface area contributed by atoms with Crippen molar-refractivity contribution in [2.45, 2.75) is 52.0 Å². The Kier molecular flexibility index (Phi) is 4.74. The molecule has 0 atom stereocenters. The molecule has 1 aliphatic carbocycles. The lowest BCUT2D eigenvalue weighted by molar-refractivity contribution is -0.142. The summed E-state index contributed by atoms with van der Waals surface area (Å²) in [6, 6.07) is 0.343. The summed E-state index contributed by atoms with van der Waals surface area (Å²) in [6.07, 6.45) is 4.21. The van der Waals surface area contributed by atoms with E-state index < -0.39 is 5.97 Å². The topological polar surface area (TPSA) is 75.1 Å². The summed E-state index contributed by atoms with van der Waals surface area (Å²) in [5.74, 6) is 0.646. The monoisotopic (exact) mass is 283 g/mol. The van der Waals surface area contributed by atoms with Crippen LogP contribution in [0.4, 0.5) is 5.13 Å². The maximum Gasteiger partial charge on any atom is 0.306 e. The second kappa shape index (κ2) is 6.32. The van der Waals surface area contributed by atoms with E-state index in [1.165, 1.54) is 11.5 Å². The Morgan fingerprint density at radius 2 is 2.11 bits per heavy atom. The Bertz CT molecular complexity index is 425. The Balaban J connectivity index is 1.82. The predicted molar refractivity (Wildman–Crippen MR) is 75.5 cm³/mol. The highest BCUT2D eigenvalue weighted by Gasteiger charge is 2.26. The average molecular weight is 283 g/mol. The van der Waals surface area contributed by atoms with Crippen molar-refractivity contribution < 1.29 is 9.90 Å². The quantitative estimate of drug-likeness (QED) is 0.869. The van der Waals surface area contributed by atoms with Crippen molar-refractivity contribution in [3.05, 3.63) is 5.82 Å². The Morgan fingerprint density at radius 1 is 1.42 bits per heavy atom. The summed E-state index contributed by atoms with van der Waals surface area (Å²) in [5.41, 5.74) is 0. The molecular formula is C13H21N3O2S. The molecule has 1 saturated carbocycles. The van der Waals surface area contributed by atoms with Crippen molar-refractivity contribution >= 4 is 22.6 Å². The van der Waals surface area contributed by atoms with Gasteiger partial charge in [-0.1, -0.05) is 13.8 Å². The number of carbonyl (C=O) groups is 1. The minimum atomic E-state index is -0.659. The summed E-state index contributed by atoms with van der Waals surface area (Å²) in [6.45, 7) is 4.31. The second-order valence-corrected chi connectivity index (χ2v) is 6.40. The summed E-state index contributed by atoms with van der Waals surface area (Å²) < 4.78 is 4.34. The van der Waals surface area contributed by atoms with Crippen molar-refractivity contribution in [2.75, 3.05) is 5.32 Å². The van der Waals surface area contributed by atoms with Crippen LogP contribution in [0, 0.1) is 11.8 Å². The van der Waals surface area contributed by atoms with Crippen molar-refractivity contribution in [1.29, 1.82) is 0 Å². The Labute approximate surface area is 117 Å². The van der Waals surface area contributed by atoms with Gasteiger partial charge in [-0.15, -0.1) is 0 Å². The van der Waals surface area contributed by atoms with E-state index in [4.69, 9.17) is 5.11 Å². The number of carboxylic acids is 1. The number of aromatic nitrogens is 2. The molecule has 2 N–H and O–H groups in total. The number of rotatable bonds is 5. The van der Waals surface area contributed by atoms with Gasteiger partial charge in [0.1, 0.15) is 5.82 Å². The molecule has 106 valence electrons. The second-order valence-electron chi connectivity index (χ2n) is 5.64. The maximum absolute atomic E-state index is 10.9. The van der Waals surface area contributed by atoms with Crippen LogP contribution in [-0.2, 0) is 11.2 Å². The number of nitrogens with zero attached hydrogens (tertiary/aromatic N) is 2. The molecule has 2 rings (SSSR count). The van der Waals surface area contributed by atoms with Gasteiger partial charge in [-0.2, -0.15) is 4.37 Å². The molecule has 0 radical (unpaired) electrons. The molecule has 1 heterocycles. The fourth-order valence-corrected chi connectivity index (χ4v) is 3.09. The number of hydrogen-bond donors (Lipinski definition) is 2. The first-order chi connectivity index (χ1) is 9.04. The van der Waals surface area contributed by atoms with Crippen molar-refractivity contribution in [2.24, 2.45) is 11.8 Å². The zero-order valence-electron chi connectivity index (χ0n) is 11.4. The number of hydrogen-bond acceptors (Lipinski definition) is 5. The van der Waals surface area contributed by atoms with E-state index in [-0.39, 0.29) is 5.92 Å². The van der Waals surface area contributed by atoms with E-state index in [1.807, 2.05) is 0 Å². The molecule has 1 aromatic rings. The van der Waals surface area contributed by atoms with Crippen LogP contribution in [0.5, 0.6) is 0 Å². The van der Waals surface area contributed by atoms with Crippen LogP contribution in [0.3, 0.4) is 0 Å². The van der Waals surface area contributed by atoms with Crippen LogP contribution in [0.2, 0.25) is 0 Å². The van der Waals surface area contributed by atoms with Crippen LogP contribution in [0.15, 0.2) is 0 Å². The third-order valence-electron chi connectivity index (χ3n) is 3.46. The molecular weight excluding hydrogens is 262 g/mol. The zero-order chi connectivity index (χ0) is 13.8. The van der Waals surface area contributed by atoms with E-state index in [2.05, 4.69) is 28.5 Å². The summed E-state index contributed by atoms with van der Waals surface area (Å²) in [5, 5.41) is 13.2. The normalized spacial score (nSPS) is 23.5. The third kappa shape index (κ3) is 4.16. The molecule has 0 aliphatic heterocycles. The molecule has 0 spiro atoms. The molecule has 0 aromatic carbocycles. The maximum atomic E-state index is 10.9. The average Bonchev–Trinajstić information content (AvgIpc) is 2.76. The van der Waals surface area contributed by atoms with Gasteiger partial charge in [-0.05, 0) is 31.6 Å². The fourth-order valence-electron chi connectivity index (χ4n) is 2.42. The van der Waals surface area contributed by atoms with Gasteiger partial charge >= 0.3 is 5.97 Å². The first-order valence-corrected chi connectivity index (χ1v) is 7.64. The highest BCUT2D eigenvalue weighted by Crippen LogP contribution is 2.27. The number of nitrogens with one attached hydrogen (secondary N) is 1. The third-order valence-corrected chi connectivity index (χ3v) is 4.15. The van der Waals surface area contributed by atoms with Crippen molar-refractivity contribution in [3.63, 3.8) is 0 Å². The lowest BCUT2D eigenvalue weighted by atomic mass is 9.86. The first kappa shape index (κ1) is 14.2. The van der Waals surface area contributed by atoms with Crippen LogP contribution < -0.4 is 5.32 Å². The zero-order valence-corrected chi connectivity index (χ0v) is 12.2. The molecule has 0 amide bonds. The molecule has 19 heavy (non-hydrogen) atoms. The lowest BCUT2D eigenvalue weighted by Crippen LogP contribution is -2.29. The predicted octanol–water partition coefficient (Wildman–Crippen LogP) is 2.79. The smallest absolute Gasteiger partial charge is 0.306 e. The van der Waals surface area contributed by atoms with E-state index in [1.54, 1.807) is 0 Å². The lowest BCUT2D eigenvalue weighted by Gasteiger charge is -2.26. The van der Waals surface area contributed by atoms with Crippen molar-refractivity contribution in [3.8, 4) is 0 Å². The van der Waals surface area contributed by atoms with E-state index >= 15 is 0 Å². The summed E-state index contributed by atoms with van der Waals surface area (Å²) in [4.78, 5) is 15.4. The van der Waals surface area contributed by atoms with Crippen molar-refractivity contribution in [1.82, 2.24) is 9.36 Å². The van der Waals surface area contributed by atoms with Crippen LogP contribution in [0.25, 0.3) is 0 Å². The van der Waals surface area contributed by atoms with Crippen LogP contribution in [0.1, 0.15) is 45.4 Å². The van der Waals surface area contributed by atoms with Gasteiger partial charge in [0.2, 0.25) is 5.13 Å². The summed E-state index contributed by atoms with van der Waals surface area (Å²) >= 11 is 1.40. The van der Waals surface area contributed by atoms with Crippen LogP contribution >= 0.6 is 11.5 Å².